The lowest BCUT2D eigenvalue weighted by Gasteiger charge is -2.24. The molecule has 0 aromatic heterocycles. The molecule has 1 aromatic rings. The first-order chi connectivity index (χ1) is 13.0. The van der Waals surface area contributed by atoms with E-state index < -0.39 is 17.4 Å². The molecule has 7 nitrogen and oxygen atoms in total. The van der Waals surface area contributed by atoms with Crippen LogP contribution >= 0.6 is 11.8 Å². The average molecular weight is 397 g/mol. The number of ether oxygens (including phenoxy) is 1. The minimum Gasteiger partial charge on any atom is -0.456 e. The summed E-state index contributed by atoms with van der Waals surface area (Å²) in [7, 11) is 0. The van der Waals surface area contributed by atoms with Crippen LogP contribution in [-0.2, 0) is 14.3 Å². The zero-order valence-corrected chi connectivity index (χ0v) is 15.8. The van der Waals surface area contributed by atoms with Crippen molar-refractivity contribution < 1.29 is 23.5 Å². The normalized spacial score (nSPS) is 16.2. The Hall–Kier alpha value is -2.29. The van der Waals surface area contributed by atoms with Gasteiger partial charge in [-0.05, 0) is 18.9 Å². The Balaban J connectivity index is 1.71. The summed E-state index contributed by atoms with van der Waals surface area (Å²) < 4.78 is 19.1. The van der Waals surface area contributed by atoms with Gasteiger partial charge in [0.2, 0.25) is 0 Å². The molecule has 9 heteroatoms. The summed E-state index contributed by atoms with van der Waals surface area (Å²) in [5, 5.41) is 2.08. The number of primary amides is 1. The highest BCUT2D eigenvalue weighted by Crippen LogP contribution is 2.38. The Morgan fingerprint density at radius 1 is 1.26 bits per heavy atom. The summed E-state index contributed by atoms with van der Waals surface area (Å²) in [6, 6.07) is 5.81. The third-order valence-corrected chi connectivity index (χ3v) is 5.34. The van der Waals surface area contributed by atoms with Crippen molar-refractivity contribution in [3.63, 3.8) is 0 Å². The molecule has 1 fully saturated rings. The van der Waals surface area contributed by atoms with Gasteiger partial charge >= 0.3 is 12.0 Å². The Kier molecular flexibility index (Phi) is 8.38. The Bertz CT molecular complexity index is 674. The van der Waals surface area contributed by atoms with E-state index in [1.54, 1.807) is 23.1 Å². The van der Waals surface area contributed by atoms with Crippen LogP contribution in [0.1, 0.15) is 36.6 Å². The average Bonchev–Trinajstić information content (AvgIpc) is 3.12. The van der Waals surface area contributed by atoms with Gasteiger partial charge in [0.15, 0.2) is 6.61 Å². The van der Waals surface area contributed by atoms with Gasteiger partial charge in [0.25, 0.3) is 5.91 Å². The van der Waals surface area contributed by atoms with Gasteiger partial charge in [-0.25, -0.2) is 9.18 Å². The minimum absolute atomic E-state index is 0.204. The number of esters is 1. The third kappa shape index (κ3) is 6.74. The predicted molar refractivity (Wildman–Crippen MR) is 100 cm³/mol. The standard InChI is InChI=1S/C18H24FN3O4S/c19-14-7-4-3-6-13(14)17-22(10-11-27-17)15(23)12-26-16(24)8-2-1-5-9-21-18(20)25/h3-4,6-7,17H,1-2,5,8-12H2,(H3,20,21,25)/t17-/m0/s1. The van der Waals surface area contributed by atoms with E-state index in [9.17, 15) is 18.8 Å². The van der Waals surface area contributed by atoms with Gasteiger partial charge in [-0.3, -0.25) is 9.59 Å². The number of benzene rings is 1. The van der Waals surface area contributed by atoms with Crippen molar-refractivity contribution in [2.24, 2.45) is 5.73 Å². The van der Waals surface area contributed by atoms with E-state index in [-0.39, 0.29) is 24.8 Å². The fourth-order valence-electron chi connectivity index (χ4n) is 2.74. The molecule has 3 N–H and O–H groups in total. The van der Waals surface area contributed by atoms with Crippen LogP contribution in [-0.4, -0.2) is 48.3 Å². The second-order valence-electron chi connectivity index (χ2n) is 6.09. The van der Waals surface area contributed by atoms with E-state index in [1.807, 2.05) is 0 Å². The van der Waals surface area contributed by atoms with Crippen LogP contribution in [0.5, 0.6) is 0 Å². The number of carbonyl (C=O) groups is 3. The Morgan fingerprint density at radius 3 is 2.78 bits per heavy atom. The number of unbranched alkanes of at least 4 members (excludes halogenated alkanes) is 2. The SMILES string of the molecule is NC(=O)NCCCCCC(=O)OCC(=O)N1CCS[C@H]1c1ccccc1F. The van der Waals surface area contributed by atoms with Crippen LogP contribution in [0.15, 0.2) is 24.3 Å². The molecular formula is C18H24FN3O4S. The molecule has 1 aliphatic rings. The number of nitrogens with one attached hydrogen (secondary N) is 1. The summed E-state index contributed by atoms with van der Waals surface area (Å²) in [6.07, 6.45) is 2.26. The second kappa shape index (κ2) is 10.8. The second-order valence-corrected chi connectivity index (χ2v) is 7.28. The molecule has 1 atom stereocenters. The highest BCUT2D eigenvalue weighted by molar-refractivity contribution is 7.99. The number of halogens is 1. The van der Waals surface area contributed by atoms with Crippen LogP contribution in [0, 0.1) is 5.82 Å². The van der Waals surface area contributed by atoms with Gasteiger partial charge in [0.05, 0.1) is 0 Å². The van der Waals surface area contributed by atoms with Crippen LogP contribution < -0.4 is 11.1 Å². The molecule has 0 radical (unpaired) electrons. The topological polar surface area (TPSA) is 102 Å². The van der Waals surface area contributed by atoms with Gasteiger partial charge < -0.3 is 20.7 Å². The maximum Gasteiger partial charge on any atom is 0.312 e. The van der Waals surface area contributed by atoms with Crippen molar-refractivity contribution in [2.45, 2.75) is 31.1 Å². The maximum atomic E-state index is 14.0. The lowest BCUT2D eigenvalue weighted by Crippen LogP contribution is -2.34. The fraction of sp³-hybridized carbons (Fsp3) is 0.500. The van der Waals surface area contributed by atoms with Crippen molar-refractivity contribution >= 4 is 29.7 Å². The Labute approximate surface area is 161 Å². The number of urea groups is 1. The first-order valence-electron chi connectivity index (χ1n) is 8.83. The zero-order chi connectivity index (χ0) is 19.6. The molecule has 1 aliphatic heterocycles. The predicted octanol–water partition coefficient (Wildman–Crippen LogP) is 2.17. The molecule has 2 rings (SSSR count). The fourth-order valence-corrected chi connectivity index (χ4v) is 4.04. The molecule has 148 valence electrons. The van der Waals surface area contributed by atoms with Crippen molar-refractivity contribution in [1.29, 1.82) is 0 Å². The number of nitrogens with two attached hydrogens (primary N) is 1. The highest BCUT2D eigenvalue weighted by atomic mass is 32.2. The van der Waals surface area contributed by atoms with Crippen molar-refractivity contribution in [1.82, 2.24) is 10.2 Å². The third-order valence-electron chi connectivity index (χ3n) is 4.10. The molecule has 0 unspecified atom stereocenters. The number of amides is 3. The van der Waals surface area contributed by atoms with Crippen molar-refractivity contribution in [3.05, 3.63) is 35.6 Å². The van der Waals surface area contributed by atoms with E-state index in [1.165, 1.54) is 17.8 Å². The monoisotopic (exact) mass is 397 g/mol. The largest absolute Gasteiger partial charge is 0.456 e. The van der Waals surface area contributed by atoms with Gasteiger partial charge in [0, 0.05) is 30.8 Å². The molecular weight excluding hydrogens is 373 g/mol. The lowest BCUT2D eigenvalue weighted by molar-refractivity contribution is -0.152. The van der Waals surface area contributed by atoms with E-state index >= 15 is 0 Å². The summed E-state index contributed by atoms with van der Waals surface area (Å²) in [5.74, 6) is -0.414. The van der Waals surface area contributed by atoms with E-state index in [0.29, 0.717) is 37.2 Å². The molecule has 0 spiro atoms. The number of hydrogen-bond donors (Lipinski definition) is 2. The minimum atomic E-state index is -0.568. The van der Waals surface area contributed by atoms with Gasteiger partial charge in [0.1, 0.15) is 11.2 Å². The quantitative estimate of drug-likeness (QED) is 0.491. The first-order valence-corrected chi connectivity index (χ1v) is 9.88. The molecule has 1 aromatic carbocycles. The van der Waals surface area contributed by atoms with Gasteiger partial charge in [-0.2, -0.15) is 0 Å². The molecule has 27 heavy (non-hydrogen) atoms. The van der Waals surface area contributed by atoms with Crippen LogP contribution in [0.3, 0.4) is 0 Å². The molecule has 0 saturated carbocycles. The Morgan fingerprint density at radius 2 is 2.04 bits per heavy atom. The lowest BCUT2D eigenvalue weighted by atomic mass is 10.2. The number of carbonyl (C=O) groups excluding carboxylic acids is 3. The molecule has 0 aliphatic carbocycles. The number of hydrogen-bond acceptors (Lipinski definition) is 5. The van der Waals surface area contributed by atoms with Crippen LogP contribution in [0.25, 0.3) is 0 Å². The van der Waals surface area contributed by atoms with Gasteiger partial charge in [-0.1, -0.05) is 24.6 Å². The van der Waals surface area contributed by atoms with E-state index in [4.69, 9.17) is 10.5 Å². The zero-order valence-electron chi connectivity index (χ0n) is 15.0. The van der Waals surface area contributed by atoms with E-state index in [2.05, 4.69) is 5.32 Å². The summed E-state index contributed by atoms with van der Waals surface area (Å²) in [5.41, 5.74) is 5.41. The van der Waals surface area contributed by atoms with Crippen molar-refractivity contribution in [2.75, 3.05) is 25.4 Å². The smallest absolute Gasteiger partial charge is 0.312 e. The van der Waals surface area contributed by atoms with Crippen LogP contribution in [0.4, 0.5) is 9.18 Å². The molecule has 0 bridgehead atoms. The van der Waals surface area contributed by atoms with Crippen molar-refractivity contribution in [3.8, 4) is 0 Å². The number of rotatable bonds is 9. The number of thioether (sulfide) groups is 1. The summed E-state index contributed by atoms with van der Waals surface area (Å²) in [6.45, 7) is 0.618. The maximum absolute atomic E-state index is 14.0. The van der Waals surface area contributed by atoms with Crippen LogP contribution in [0.2, 0.25) is 0 Å². The highest BCUT2D eigenvalue weighted by Gasteiger charge is 2.32. The summed E-state index contributed by atoms with van der Waals surface area (Å²) in [4.78, 5) is 36.2. The number of nitrogens with zero attached hydrogens (tertiary/aromatic N) is 1. The summed E-state index contributed by atoms with van der Waals surface area (Å²) >= 11 is 1.49. The first kappa shape index (κ1) is 21.0. The van der Waals surface area contributed by atoms with Gasteiger partial charge in [-0.15, -0.1) is 11.8 Å². The molecule has 1 heterocycles. The van der Waals surface area contributed by atoms with E-state index in [0.717, 1.165) is 6.42 Å². The molecule has 1 saturated heterocycles. The molecule has 3 amide bonds.